The molecule has 1 aromatic rings. The molecule has 1 aliphatic rings. The van der Waals surface area contributed by atoms with E-state index in [-0.39, 0.29) is 16.8 Å². The maximum atomic E-state index is 12.2. The second-order valence-electron chi connectivity index (χ2n) is 4.52. The van der Waals surface area contributed by atoms with Crippen LogP contribution >= 0.6 is 0 Å². The average molecular weight is 283 g/mol. The van der Waals surface area contributed by atoms with Gasteiger partial charge in [0.05, 0.1) is 10.9 Å². The van der Waals surface area contributed by atoms with Crippen molar-refractivity contribution in [2.45, 2.75) is 23.8 Å². The highest BCUT2D eigenvalue weighted by molar-refractivity contribution is 7.89. The monoisotopic (exact) mass is 283 g/mol. The maximum Gasteiger partial charge on any atom is 0.244 e. The van der Waals surface area contributed by atoms with Crippen molar-refractivity contribution in [1.29, 1.82) is 0 Å². The van der Waals surface area contributed by atoms with E-state index < -0.39 is 10.0 Å². The normalized spacial score (nSPS) is 20.6. The van der Waals surface area contributed by atoms with Gasteiger partial charge in [0.25, 0.3) is 0 Å². The summed E-state index contributed by atoms with van der Waals surface area (Å²) in [6.07, 6.45) is 1.66. The Morgan fingerprint density at radius 1 is 1.42 bits per heavy atom. The topological polar surface area (TPSA) is 92.5 Å². The van der Waals surface area contributed by atoms with Crippen LogP contribution in [0.3, 0.4) is 0 Å². The van der Waals surface area contributed by atoms with E-state index in [9.17, 15) is 13.2 Å². The van der Waals surface area contributed by atoms with Crippen molar-refractivity contribution >= 4 is 21.6 Å². The summed E-state index contributed by atoms with van der Waals surface area (Å²) in [6, 6.07) is 5.94. The Morgan fingerprint density at radius 2 is 2.16 bits per heavy atom. The third-order valence-electron chi connectivity index (χ3n) is 3.24. The number of sulfonamides is 1. The molecule has 1 saturated heterocycles. The molecule has 0 radical (unpaired) electrons. The molecule has 0 aliphatic carbocycles. The maximum absolute atomic E-state index is 12.2. The molecular weight excluding hydrogens is 266 g/mol. The van der Waals surface area contributed by atoms with Gasteiger partial charge in [0, 0.05) is 12.2 Å². The van der Waals surface area contributed by atoms with Crippen LogP contribution in [-0.2, 0) is 14.8 Å². The van der Waals surface area contributed by atoms with Crippen LogP contribution in [0.25, 0.3) is 0 Å². The average Bonchev–Trinajstić information content (AvgIpc) is 2.38. The molecule has 1 heterocycles. The molecule has 1 amide bonds. The van der Waals surface area contributed by atoms with Gasteiger partial charge in [-0.2, -0.15) is 0 Å². The quantitative estimate of drug-likeness (QED) is 0.819. The zero-order chi connectivity index (χ0) is 14.0. The van der Waals surface area contributed by atoms with Gasteiger partial charge in [-0.1, -0.05) is 6.07 Å². The molecule has 2 rings (SSSR count). The first-order valence-electron chi connectivity index (χ1n) is 6.05. The molecule has 0 spiro atoms. The number of carbonyl (C=O) groups excluding carboxylic acids is 1. The third kappa shape index (κ3) is 2.94. The molecular formula is C12H17N3O3S. The highest BCUT2D eigenvalue weighted by Gasteiger charge is 2.28. The number of primary sulfonamides is 1. The van der Waals surface area contributed by atoms with Crippen molar-refractivity contribution in [3.63, 3.8) is 0 Å². The standard InChI is InChI=1S/C12H17N3O3S/c1-14-11-6-3-7-15(12(11)16)9-4-2-5-10(8-9)19(13,17)18/h2,4-5,8,11,14H,3,6-7H2,1H3,(H2,13,17,18). The van der Waals surface area contributed by atoms with Crippen LogP contribution < -0.4 is 15.4 Å². The fourth-order valence-electron chi connectivity index (χ4n) is 2.23. The van der Waals surface area contributed by atoms with Gasteiger partial charge in [0.15, 0.2) is 0 Å². The first-order valence-corrected chi connectivity index (χ1v) is 7.59. The second kappa shape index (κ2) is 5.28. The number of benzene rings is 1. The van der Waals surface area contributed by atoms with Gasteiger partial charge >= 0.3 is 0 Å². The number of nitrogens with zero attached hydrogens (tertiary/aromatic N) is 1. The zero-order valence-corrected chi connectivity index (χ0v) is 11.5. The van der Waals surface area contributed by atoms with Crippen molar-refractivity contribution in [2.24, 2.45) is 5.14 Å². The van der Waals surface area contributed by atoms with Crippen LogP contribution in [0.5, 0.6) is 0 Å². The molecule has 1 aromatic carbocycles. The number of likely N-dealkylation sites (N-methyl/N-ethyl adjacent to an activating group) is 1. The molecule has 1 aliphatic heterocycles. The van der Waals surface area contributed by atoms with Gasteiger partial charge < -0.3 is 10.2 Å². The summed E-state index contributed by atoms with van der Waals surface area (Å²) in [5.74, 6) is -0.0414. The lowest BCUT2D eigenvalue weighted by Gasteiger charge is -2.32. The van der Waals surface area contributed by atoms with E-state index in [2.05, 4.69) is 5.32 Å². The predicted octanol–water partition coefficient (Wildman–Crippen LogP) is 0.0488. The molecule has 0 aromatic heterocycles. The van der Waals surface area contributed by atoms with Crippen LogP contribution in [-0.4, -0.2) is 34.0 Å². The van der Waals surface area contributed by atoms with Crippen molar-refractivity contribution in [3.05, 3.63) is 24.3 Å². The van der Waals surface area contributed by atoms with Crippen LogP contribution in [0.15, 0.2) is 29.2 Å². The smallest absolute Gasteiger partial charge is 0.244 e. The molecule has 7 heteroatoms. The lowest BCUT2D eigenvalue weighted by Crippen LogP contribution is -2.49. The predicted molar refractivity (Wildman–Crippen MR) is 72.2 cm³/mol. The Bertz CT molecular complexity index is 586. The summed E-state index contributed by atoms with van der Waals surface area (Å²) >= 11 is 0. The number of nitrogens with two attached hydrogens (primary N) is 1. The largest absolute Gasteiger partial charge is 0.311 e. The number of hydrogen-bond donors (Lipinski definition) is 2. The lowest BCUT2D eigenvalue weighted by atomic mass is 10.0. The first kappa shape index (κ1) is 14.0. The number of anilines is 1. The molecule has 1 unspecified atom stereocenters. The van der Waals surface area contributed by atoms with Crippen molar-refractivity contribution in [3.8, 4) is 0 Å². The summed E-state index contributed by atoms with van der Waals surface area (Å²) in [6.45, 7) is 0.588. The molecule has 3 N–H and O–H groups in total. The highest BCUT2D eigenvalue weighted by Crippen LogP contribution is 2.23. The van der Waals surface area contributed by atoms with Crippen LogP contribution in [0, 0.1) is 0 Å². The minimum atomic E-state index is -3.75. The summed E-state index contributed by atoms with van der Waals surface area (Å²) < 4.78 is 22.7. The summed E-state index contributed by atoms with van der Waals surface area (Å²) in [7, 11) is -2.01. The third-order valence-corrected chi connectivity index (χ3v) is 4.16. The van der Waals surface area contributed by atoms with E-state index in [4.69, 9.17) is 5.14 Å². The van der Waals surface area contributed by atoms with Gasteiger partial charge in [-0.15, -0.1) is 0 Å². The summed E-state index contributed by atoms with van der Waals surface area (Å²) in [4.78, 5) is 13.8. The van der Waals surface area contributed by atoms with E-state index >= 15 is 0 Å². The number of amides is 1. The van der Waals surface area contributed by atoms with Gasteiger partial charge in [-0.25, -0.2) is 13.6 Å². The molecule has 0 bridgehead atoms. The Morgan fingerprint density at radius 3 is 2.79 bits per heavy atom. The van der Waals surface area contributed by atoms with Crippen LogP contribution in [0.1, 0.15) is 12.8 Å². The van der Waals surface area contributed by atoms with Gasteiger partial charge in [-0.3, -0.25) is 4.79 Å². The fourth-order valence-corrected chi connectivity index (χ4v) is 2.78. The van der Waals surface area contributed by atoms with Crippen molar-refractivity contribution in [2.75, 3.05) is 18.5 Å². The summed E-state index contributed by atoms with van der Waals surface area (Å²) in [5.41, 5.74) is 0.566. The highest BCUT2D eigenvalue weighted by atomic mass is 32.2. The molecule has 19 heavy (non-hydrogen) atoms. The second-order valence-corrected chi connectivity index (χ2v) is 6.08. The minimum Gasteiger partial charge on any atom is -0.311 e. The number of nitrogens with one attached hydrogen (secondary N) is 1. The van der Waals surface area contributed by atoms with E-state index in [0.29, 0.717) is 12.2 Å². The van der Waals surface area contributed by atoms with E-state index in [1.54, 1.807) is 24.1 Å². The number of rotatable bonds is 3. The molecule has 104 valence electrons. The number of carbonyl (C=O) groups is 1. The van der Waals surface area contributed by atoms with Gasteiger partial charge in [-0.05, 0) is 38.1 Å². The number of piperidine rings is 1. The summed E-state index contributed by atoms with van der Waals surface area (Å²) in [5, 5.41) is 8.06. The SMILES string of the molecule is CNC1CCCN(c2cccc(S(N)(=O)=O)c2)C1=O. The van der Waals surface area contributed by atoms with E-state index in [1.165, 1.54) is 12.1 Å². The van der Waals surface area contributed by atoms with E-state index in [1.807, 2.05) is 0 Å². The Hall–Kier alpha value is -1.44. The molecule has 1 atom stereocenters. The zero-order valence-electron chi connectivity index (χ0n) is 10.7. The Balaban J connectivity index is 2.34. The van der Waals surface area contributed by atoms with Crippen molar-refractivity contribution < 1.29 is 13.2 Å². The lowest BCUT2D eigenvalue weighted by molar-refractivity contribution is -0.121. The van der Waals surface area contributed by atoms with Gasteiger partial charge in [0.1, 0.15) is 0 Å². The molecule has 6 nitrogen and oxygen atoms in total. The minimum absolute atomic E-state index is 0.0179. The Kier molecular flexibility index (Phi) is 3.88. The first-order chi connectivity index (χ1) is 8.93. The van der Waals surface area contributed by atoms with Crippen LogP contribution in [0.2, 0.25) is 0 Å². The molecule has 1 fully saturated rings. The number of hydrogen-bond acceptors (Lipinski definition) is 4. The van der Waals surface area contributed by atoms with E-state index in [0.717, 1.165) is 12.8 Å². The van der Waals surface area contributed by atoms with Crippen LogP contribution in [0.4, 0.5) is 5.69 Å². The van der Waals surface area contributed by atoms with Gasteiger partial charge in [0.2, 0.25) is 15.9 Å². The Labute approximate surface area is 112 Å². The molecule has 0 saturated carbocycles. The van der Waals surface area contributed by atoms with Crippen molar-refractivity contribution in [1.82, 2.24) is 5.32 Å². The fraction of sp³-hybridized carbons (Fsp3) is 0.417.